The molecule has 0 aromatic heterocycles. The van der Waals surface area contributed by atoms with E-state index in [1.165, 1.54) is 6.08 Å². The van der Waals surface area contributed by atoms with Crippen molar-refractivity contribution in [3.8, 4) is 5.75 Å². The largest absolute Gasteiger partial charge is 0.496 e. The summed E-state index contributed by atoms with van der Waals surface area (Å²) in [6.45, 7) is 1.99. The van der Waals surface area contributed by atoms with Gasteiger partial charge in [-0.25, -0.2) is 0 Å². The molecule has 108 valence electrons. The van der Waals surface area contributed by atoms with Gasteiger partial charge in [-0.05, 0) is 43.3 Å². The third kappa shape index (κ3) is 4.36. The molecule has 0 aliphatic rings. The first-order chi connectivity index (χ1) is 10.1. The number of ether oxygens (including phenoxy) is 1. The lowest BCUT2D eigenvalue weighted by atomic mass is 10.1. The van der Waals surface area contributed by atoms with Gasteiger partial charge in [-0.2, -0.15) is 0 Å². The molecule has 2 aromatic rings. The Morgan fingerprint density at radius 1 is 1.24 bits per heavy atom. The number of aryl methyl sites for hydroxylation is 1. The number of halogens is 1. The van der Waals surface area contributed by atoms with E-state index in [-0.39, 0.29) is 5.91 Å². The van der Waals surface area contributed by atoms with E-state index in [0.29, 0.717) is 10.7 Å². The molecule has 1 amide bonds. The molecule has 2 aromatic carbocycles. The van der Waals surface area contributed by atoms with Gasteiger partial charge in [0.2, 0.25) is 5.91 Å². The maximum absolute atomic E-state index is 11.9. The second kappa shape index (κ2) is 6.95. The molecule has 0 radical (unpaired) electrons. The van der Waals surface area contributed by atoms with E-state index < -0.39 is 0 Å². The van der Waals surface area contributed by atoms with Crippen molar-refractivity contribution in [2.45, 2.75) is 6.92 Å². The second-order valence-electron chi connectivity index (χ2n) is 4.58. The van der Waals surface area contributed by atoms with Gasteiger partial charge in [-0.3, -0.25) is 4.79 Å². The maximum Gasteiger partial charge on any atom is 0.248 e. The molecular formula is C17H16ClNO2. The van der Waals surface area contributed by atoms with Crippen LogP contribution in [-0.2, 0) is 4.79 Å². The van der Waals surface area contributed by atoms with E-state index in [0.717, 1.165) is 16.9 Å². The zero-order valence-electron chi connectivity index (χ0n) is 11.9. The molecule has 0 unspecified atom stereocenters. The molecule has 1 N–H and O–H groups in total. The smallest absolute Gasteiger partial charge is 0.248 e. The van der Waals surface area contributed by atoms with E-state index in [1.54, 1.807) is 37.5 Å². The van der Waals surface area contributed by atoms with Crippen LogP contribution >= 0.6 is 11.6 Å². The van der Waals surface area contributed by atoms with Crippen LogP contribution in [0.4, 0.5) is 5.69 Å². The van der Waals surface area contributed by atoms with Crippen molar-refractivity contribution in [1.29, 1.82) is 0 Å². The number of carbonyl (C=O) groups excluding carboxylic acids is 1. The van der Waals surface area contributed by atoms with Crippen LogP contribution in [0.25, 0.3) is 6.08 Å². The Kier molecular flexibility index (Phi) is 5.01. The average molecular weight is 302 g/mol. The maximum atomic E-state index is 11.9. The summed E-state index contributed by atoms with van der Waals surface area (Å²) in [5.41, 5.74) is 2.62. The second-order valence-corrected chi connectivity index (χ2v) is 5.01. The lowest BCUT2D eigenvalue weighted by molar-refractivity contribution is -0.111. The highest BCUT2D eigenvalue weighted by atomic mass is 35.5. The van der Waals surface area contributed by atoms with Crippen molar-refractivity contribution in [2.75, 3.05) is 12.4 Å². The quantitative estimate of drug-likeness (QED) is 0.855. The number of carbonyl (C=O) groups is 1. The Morgan fingerprint density at radius 3 is 2.76 bits per heavy atom. The SMILES string of the molecule is COc1ccc(C)cc1/C=C/C(=O)Nc1cccc(Cl)c1. The first kappa shape index (κ1) is 15.1. The van der Waals surface area contributed by atoms with Gasteiger partial charge in [-0.15, -0.1) is 0 Å². The topological polar surface area (TPSA) is 38.3 Å². The van der Waals surface area contributed by atoms with Crippen LogP contribution in [0.1, 0.15) is 11.1 Å². The Labute approximate surface area is 129 Å². The minimum absolute atomic E-state index is 0.221. The molecule has 0 bridgehead atoms. The number of nitrogens with one attached hydrogen (secondary N) is 1. The molecule has 4 heteroatoms. The number of methoxy groups -OCH3 is 1. The minimum atomic E-state index is -0.221. The summed E-state index contributed by atoms with van der Waals surface area (Å²) in [4.78, 5) is 11.9. The van der Waals surface area contributed by atoms with Crippen LogP contribution < -0.4 is 10.1 Å². The Morgan fingerprint density at radius 2 is 2.05 bits per heavy atom. The van der Waals surface area contributed by atoms with Gasteiger partial charge in [0, 0.05) is 22.3 Å². The Hall–Kier alpha value is -2.26. The third-order valence-electron chi connectivity index (χ3n) is 2.89. The van der Waals surface area contributed by atoms with Crippen LogP contribution in [0.5, 0.6) is 5.75 Å². The molecule has 0 atom stereocenters. The van der Waals surface area contributed by atoms with Crippen LogP contribution in [0, 0.1) is 6.92 Å². The molecular weight excluding hydrogens is 286 g/mol. The van der Waals surface area contributed by atoms with Crippen molar-refractivity contribution >= 4 is 29.3 Å². The molecule has 0 saturated heterocycles. The van der Waals surface area contributed by atoms with Gasteiger partial charge in [0.25, 0.3) is 0 Å². The molecule has 0 fully saturated rings. The molecule has 2 rings (SSSR count). The van der Waals surface area contributed by atoms with Gasteiger partial charge in [0.15, 0.2) is 0 Å². The highest BCUT2D eigenvalue weighted by Crippen LogP contribution is 2.21. The normalized spacial score (nSPS) is 10.6. The summed E-state index contributed by atoms with van der Waals surface area (Å²) in [6, 6.07) is 12.8. The summed E-state index contributed by atoms with van der Waals surface area (Å²) >= 11 is 5.87. The fraction of sp³-hybridized carbons (Fsp3) is 0.118. The highest BCUT2D eigenvalue weighted by molar-refractivity contribution is 6.30. The first-order valence-electron chi connectivity index (χ1n) is 6.48. The van der Waals surface area contributed by atoms with E-state index in [4.69, 9.17) is 16.3 Å². The monoisotopic (exact) mass is 301 g/mol. The predicted molar refractivity (Wildman–Crippen MR) is 86.8 cm³/mol. The number of hydrogen-bond donors (Lipinski definition) is 1. The van der Waals surface area contributed by atoms with Crippen LogP contribution in [0.2, 0.25) is 5.02 Å². The van der Waals surface area contributed by atoms with Gasteiger partial charge in [0.05, 0.1) is 7.11 Å². The van der Waals surface area contributed by atoms with Crippen LogP contribution in [0.15, 0.2) is 48.5 Å². The molecule has 0 aliphatic heterocycles. The van der Waals surface area contributed by atoms with Crippen LogP contribution in [0.3, 0.4) is 0 Å². The molecule has 3 nitrogen and oxygen atoms in total. The number of anilines is 1. The Balaban J connectivity index is 2.10. The summed E-state index contributed by atoms with van der Waals surface area (Å²) in [7, 11) is 1.61. The number of hydrogen-bond acceptors (Lipinski definition) is 2. The summed E-state index contributed by atoms with van der Waals surface area (Å²) in [5, 5.41) is 3.33. The molecule has 21 heavy (non-hydrogen) atoms. The molecule has 0 saturated carbocycles. The lowest BCUT2D eigenvalue weighted by Gasteiger charge is -2.06. The zero-order chi connectivity index (χ0) is 15.2. The molecule has 0 aliphatic carbocycles. The van der Waals surface area contributed by atoms with Crippen molar-refractivity contribution in [2.24, 2.45) is 0 Å². The Bertz CT molecular complexity index is 680. The van der Waals surface area contributed by atoms with E-state index >= 15 is 0 Å². The number of benzene rings is 2. The fourth-order valence-electron chi connectivity index (χ4n) is 1.90. The predicted octanol–water partition coefficient (Wildman–Crippen LogP) is 4.31. The standard InChI is InChI=1S/C17H16ClNO2/c1-12-6-8-16(21-2)13(10-12)7-9-17(20)19-15-5-3-4-14(18)11-15/h3-11H,1-2H3,(H,19,20)/b9-7+. The minimum Gasteiger partial charge on any atom is -0.496 e. The molecule has 0 heterocycles. The van der Waals surface area contributed by atoms with E-state index in [2.05, 4.69) is 5.32 Å². The van der Waals surface area contributed by atoms with Gasteiger partial charge < -0.3 is 10.1 Å². The van der Waals surface area contributed by atoms with Crippen LogP contribution in [-0.4, -0.2) is 13.0 Å². The summed E-state index contributed by atoms with van der Waals surface area (Å²) in [5.74, 6) is 0.508. The van der Waals surface area contributed by atoms with Crippen molar-refractivity contribution in [3.05, 3.63) is 64.7 Å². The zero-order valence-corrected chi connectivity index (χ0v) is 12.6. The summed E-state index contributed by atoms with van der Waals surface area (Å²) < 4.78 is 5.27. The lowest BCUT2D eigenvalue weighted by Crippen LogP contribution is -2.07. The summed E-state index contributed by atoms with van der Waals surface area (Å²) in [6.07, 6.45) is 3.20. The van der Waals surface area contributed by atoms with Crippen molar-refractivity contribution in [3.63, 3.8) is 0 Å². The van der Waals surface area contributed by atoms with Crippen molar-refractivity contribution < 1.29 is 9.53 Å². The highest BCUT2D eigenvalue weighted by Gasteiger charge is 2.02. The van der Waals surface area contributed by atoms with Gasteiger partial charge >= 0.3 is 0 Å². The van der Waals surface area contributed by atoms with E-state index in [9.17, 15) is 4.79 Å². The number of amides is 1. The van der Waals surface area contributed by atoms with E-state index in [1.807, 2.05) is 25.1 Å². The van der Waals surface area contributed by atoms with Gasteiger partial charge in [-0.1, -0.05) is 29.3 Å². The van der Waals surface area contributed by atoms with Crippen molar-refractivity contribution in [1.82, 2.24) is 0 Å². The third-order valence-corrected chi connectivity index (χ3v) is 3.13. The number of rotatable bonds is 4. The molecule has 0 spiro atoms. The fourth-order valence-corrected chi connectivity index (χ4v) is 2.09. The van der Waals surface area contributed by atoms with Gasteiger partial charge in [0.1, 0.15) is 5.75 Å². The average Bonchev–Trinajstić information content (AvgIpc) is 2.45. The first-order valence-corrected chi connectivity index (χ1v) is 6.85.